The molecule has 2 nitrogen and oxygen atoms in total. The number of hydrogen-bond donors (Lipinski definition) is 0. The number of benzene rings is 2. The van der Waals surface area contributed by atoms with Crippen molar-refractivity contribution in [3.8, 4) is 0 Å². The fraction of sp³-hybridized carbons (Fsp3) is 0.263. The van der Waals surface area contributed by atoms with E-state index in [0.717, 1.165) is 19.5 Å². The highest BCUT2D eigenvalue weighted by Crippen LogP contribution is 2.23. The smallest absolute Gasteiger partial charge is 0.101 e. The molecule has 0 N–H and O–H groups in total. The van der Waals surface area contributed by atoms with Gasteiger partial charge in [0.1, 0.15) is 6.17 Å². The van der Waals surface area contributed by atoms with E-state index in [-0.39, 0.29) is 12.4 Å². The molecule has 3 heteroatoms. The van der Waals surface area contributed by atoms with Crippen molar-refractivity contribution in [1.82, 2.24) is 9.80 Å². The van der Waals surface area contributed by atoms with E-state index in [1.54, 1.807) is 0 Å². The molecule has 0 atom stereocenters. The Labute approximate surface area is 139 Å². The zero-order chi connectivity index (χ0) is 14.5. The van der Waals surface area contributed by atoms with E-state index in [1.165, 1.54) is 11.1 Å². The Morgan fingerprint density at radius 2 is 1.14 bits per heavy atom. The third kappa shape index (κ3) is 3.83. The maximum atomic E-state index is 2.43. The average Bonchev–Trinajstić information content (AvgIpc) is 2.91. The lowest BCUT2D eigenvalue weighted by Gasteiger charge is -2.32. The maximum absolute atomic E-state index is 2.43. The van der Waals surface area contributed by atoms with Crippen LogP contribution in [0.15, 0.2) is 73.1 Å². The van der Waals surface area contributed by atoms with E-state index in [4.69, 9.17) is 0 Å². The standard InChI is InChI=1S/C19H22N2.ClH/c1-2-19-20(15-17-9-5-3-6-10-17)13-14-21(19)16-18-11-7-4-8-12-18;/h3-14,19H,2,15-16H2,1H3;1H. The molecule has 0 unspecified atom stereocenters. The second-order valence-corrected chi connectivity index (χ2v) is 5.50. The van der Waals surface area contributed by atoms with E-state index in [0.29, 0.717) is 6.17 Å². The second kappa shape index (κ2) is 7.90. The molecule has 0 aromatic heterocycles. The summed E-state index contributed by atoms with van der Waals surface area (Å²) in [5.41, 5.74) is 2.73. The minimum Gasteiger partial charge on any atom is -0.352 e. The molecule has 0 amide bonds. The summed E-state index contributed by atoms with van der Waals surface area (Å²) in [6, 6.07) is 21.4. The van der Waals surface area contributed by atoms with E-state index < -0.39 is 0 Å². The molecule has 0 bridgehead atoms. The summed E-state index contributed by atoms with van der Waals surface area (Å²) in [5, 5.41) is 0. The zero-order valence-corrected chi connectivity index (χ0v) is 13.7. The van der Waals surface area contributed by atoms with Crippen molar-refractivity contribution in [3.63, 3.8) is 0 Å². The van der Waals surface area contributed by atoms with Gasteiger partial charge >= 0.3 is 0 Å². The minimum atomic E-state index is 0. The van der Waals surface area contributed by atoms with E-state index in [2.05, 4.69) is 89.8 Å². The molecule has 2 aromatic rings. The van der Waals surface area contributed by atoms with Gasteiger partial charge < -0.3 is 9.80 Å². The van der Waals surface area contributed by atoms with Crippen LogP contribution in [-0.4, -0.2) is 16.0 Å². The summed E-state index contributed by atoms with van der Waals surface area (Å²) in [6.07, 6.45) is 6.02. The van der Waals surface area contributed by atoms with Crippen LogP contribution in [0.5, 0.6) is 0 Å². The molecule has 22 heavy (non-hydrogen) atoms. The third-order valence-electron chi connectivity index (χ3n) is 4.00. The molecule has 1 aliphatic heterocycles. The Bertz CT molecular complexity index is 531. The lowest BCUT2D eigenvalue weighted by atomic mass is 10.2. The van der Waals surface area contributed by atoms with Gasteiger partial charge in [0.25, 0.3) is 0 Å². The monoisotopic (exact) mass is 314 g/mol. The summed E-state index contributed by atoms with van der Waals surface area (Å²) >= 11 is 0. The first-order chi connectivity index (χ1) is 10.4. The highest BCUT2D eigenvalue weighted by Gasteiger charge is 2.24. The zero-order valence-electron chi connectivity index (χ0n) is 12.9. The number of halogens is 1. The van der Waals surface area contributed by atoms with Gasteiger partial charge in [-0.1, -0.05) is 67.6 Å². The molecular weight excluding hydrogens is 292 g/mol. The SMILES string of the molecule is CCC1N(Cc2ccccc2)C=CN1Cc1ccccc1.Cl. The topological polar surface area (TPSA) is 6.48 Å². The highest BCUT2D eigenvalue weighted by molar-refractivity contribution is 5.85. The molecule has 0 spiro atoms. The normalized spacial score (nSPS) is 14.2. The molecule has 116 valence electrons. The van der Waals surface area contributed by atoms with Crippen molar-refractivity contribution < 1.29 is 0 Å². The predicted octanol–water partition coefficient (Wildman–Crippen LogP) is 4.63. The first-order valence-electron chi connectivity index (χ1n) is 7.64. The van der Waals surface area contributed by atoms with Gasteiger partial charge in [-0.05, 0) is 17.5 Å². The molecular formula is C19H23ClN2. The van der Waals surface area contributed by atoms with Gasteiger partial charge in [0.15, 0.2) is 0 Å². The van der Waals surface area contributed by atoms with Gasteiger partial charge in [-0.2, -0.15) is 0 Å². The minimum absolute atomic E-state index is 0. The molecule has 0 saturated carbocycles. The van der Waals surface area contributed by atoms with Crippen molar-refractivity contribution in [1.29, 1.82) is 0 Å². The number of rotatable bonds is 5. The molecule has 0 saturated heterocycles. The molecule has 2 aromatic carbocycles. The van der Waals surface area contributed by atoms with Gasteiger partial charge in [-0.25, -0.2) is 0 Å². The summed E-state index contributed by atoms with van der Waals surface area (Å²) < 4.78 is 0. The fourth-order valence-corrected chi connectivity index (χ4v) is 2.93. The Balaban J connectivity index is 0.00000176. The molecule has 0 fully saturated rings. The van der Waals surface area contributed by atoms with E-state index >= 15 is 0 Å². The van der Waals surface area contributed by atoms with Crippen LogP contribution in [0, 0.1) is 0 Å². The summed E-state index contributed by atoms with van der Waals surface area (Å²) in [6.45, 7) is 4.20. The maximum Gasteiger partial charge on any atom is 0.101 e. The van der Waals surface area contributed by atoms with Crippen molar-refractivity contribution in [2.45, 2.75) is 32.6 Å². The first kappa shape index (κ1) is 16.4. The van der Waals surface area contributed by atoms with Gasteiger partial charge in [0, 0.05) is 25.5 Å². The number of hydrogen-bond acceptors (Lipinski definition) is 2. The summed E-state index contributed by atoms with van der Waals surface area (Å²) in [4.78, 5) is 4.86. The molecule has 0 aliphatic carbocycles. The molecule has 1 heterocycles. The Kier molecular flexibility index (Phi) is 5.91. The van der Waals surface area contributed by atoms with Crippen LogP contribution in [0.2, 0.25) is 0 Å². The van der Waals surface area contributed by atoms with Crippen LogP contribution < -0.4 is 0 Å². The predicted molar refractivity (Wildman–Crippen MR) is 94.4 cm³/mol. The average molecular weight is 315 g/mol. The molecule has 0 radical (unpaired) electrons. The van der Waals surface area contributed by atoms with Crippen molar-refractivity contribution in [3.05, 3.63) is 84.2 Å². The largest absolute Gasteiger partial charge is 0.352 e. The van der Waals surface area contributed by atoms with Gasteiger partial charge in [-0.3, -0.25) is 0 Å². The van der Waals surface area contributed by atoms with Crippen LogP contribution in [0.1, 0.15) is 24.5 Å². The van der Waals surface area contributed by atoms with E-state index in [1.807, 2.05) is 0 Å². The van der Waals surface area contributed by atoms with Crippen LogP contribution in [-0.2, 0) is 13.1 Å². The third-order valence-corrected chi connectivity index (χ3v) is 4.00. The van der Waals surface area contributed by atoms with Crippen molar-refractivity contribution in [2.24, 2.45) is 0 Å². The lowest BCUT2D eigenvalue weighted by molar-refractivity contribution is 0.137. The second-order valence-electron chi connectivity index (χ2n) is 5.50. The Morgan fingerprint density at radius 1 is 0.727 bits per heavy atom. The van der Waals surface area contributed by atoms with Gasteiger partial charge in [0.2, 0.25) is 0 Å². The number of nitrogens with zero attached hydrogens (tertiary/aromatic N) is 2. The van der Waals surface area contributed by atoms with E-state index in [9.17, 15) is 0 Å². The Morgan fingerprint density at radius 3 is 1.50 bits per heavy atom. The molecule has 1 aliphatic rings. The highest BCUT2D eigenvalue weighted by atomic mass is 35.5. The lowest BCUT2D eigenvalue weighted by Crippen LogP contribution is -2.37. The van der Waals surface area contributed by atoms with Crippen molar-refractivity contribution >= 4 is 12.4 Å². The van der Waals surface area contributed by atoms with Crippen LogP contribution in [0.4, 0.5) is 0 Å². The van der Waals surface area contributed by atoms with Crippen LogP contribution in [0.3, 0.4) is 0 Å². The summed E-state index contributed by atoms with van der Waals surface area (Å²) in [7, 11) is 0. The van der Waals surface area contributed by atoms with Crippen LogP contribution >= 0.6 is 12.4 Å². The summed E-state index contributed by atoms with van der Waals surface area (Å²) in [5.74, 6) is 0. The molecule has 3 rings (SSSR count). The quantitative estimate of drug-likeness (QED) is 0.793. The van der Waals surface area contributed by atoms with Crippen molar-refractivity contribution in [2.75, 3.05) is 0 Å². The fourth-order valence-electron chi connectivity index (χ4n) is 2.93. The van der Waals surface area contributed by atoms with Gasteiger partial charge in [-0.15, -0.1) is 12.4 Å². The van der Waals surface area contributed by atoms with Crippen LogP contribution in [0.25, 0.3) is 0 Å². The first-order valence-corrected chi connectivity index (χ1v) is 7.64. The van der Waals surface area contributed by atoms with Gasteiger partial charge in [0.05, 0.1) is 0 Å². The Hall–Kier alpha value is -1.93.